The molecule has 0 unspecified atom stereocenters. The summed E-state index contributed by atoms with van der Waals surface area (Å²) in [5.41, 5.74) is 0.546. The second-order valence-electron chi connectivity index (χ2n) is 6.29. The summed E-state index contributed by atoms with van der Waals surface area (Å²) in [7, 11) is 1.97. The van der Waals surface area contributed by atoms with Crippen molar-refractivity contribution in [3.63, 3.8) is 0 Å². The normalized spacial score (nSPS) is 21.4. The Morgan fingerprint density at radius 1 is 1.38 bits per heavy atom. The predicted molar refractivity (Wildman–Crippen MR) is 87.2 cm³/mol. The number of hydrogen-bond donors (Lipinski definition) is 0. The van der Waals surface area contributed by atoms with E-state index in [1.807, 2.05) is 24.2 Å². The molecule has 116 valence electrons. The average molecular weight is 289 g/mol. The summed E-state index contributed by atoms with van der Waals surface area (Å²) in [6.07, 6.45) is 13.6. The van der Waals surface area contributed by atoms with Crippen molar-refractivity contribution in [2.75, 3.05) is 26.7 Å². The van der Waals surface area contributed by atoms with Gasteiger partial charge in [-0.15, -0.1) is 6.58 Å². The second-order valence-corrected chi connectivity index (χ2v) is 6.29. The summed E-state index contributed by atoms with van der Waals surface area (Å²) in [6, 6.07) is 0. The van der Waals surface area contributed by atoms with Gasteiger partial charge in [-0.05, 0) is 37.2 Å². The van der Waals surface area contributed by atoms with Crippen molar-refractivity contribution in [1.29, 1.82) is 0 Å². The van der Waals surface area contributed by atoms with Crippen molar-refractivity contribution in [2.24, 2.45) is 10.5 Å². The first-order valence-corrected chi connectivity index (χ1v) is 7.94. The fourth-order valence-electron chi connectivity index (χ4n) is 3.40. The fourth-order valence-corrected chi connectivity index (χ4v) is 3.40. The maximum Gasteiger partial charge on any atom is 0.142 e. The number of piperidine rings is 1. The van der Waals surface area contributed by atoms with Crippen molar-refractivity contribution in [3.05, 3.63) is 24.8 Å². The molecule has 1 saturated heterocycles. The summed E-state index contributed by atoms with van der Waals surface area (Å²) in [6.45, 7) is 6.70. The van der Waals surface area contributed by atoms with Gasteiger partial charge in [-0.3, -0.25) is 9.80 Å². The van der Waals surface area contributed by atoms with Crippen LogP contribution in [0.4, 0.5) is 0 Å². The summed E-state index contributed by atoms with van der Waals surface area (Å²) in [4.78, 5) is 12.9. The molecule has 0 bridgehead atoms. The van der Waals surface area contributed by atoms with Crippen LogP contribution in [0.5, 0.6) is 0 Å². The molecule has 1 aliphatic carbocycles. The van der Waals surface area contributed by atoms with E-state index in [1.54, 1.807) is 6.08 Å². The highest BCUT2D eigenvalue weighted by Gasteiger charge is 2.41. The quantitative estimate of drug-likeness (QED) is 0.188. The molecule has 1 heterocycles. The van der Waals surface area contributed by atoms with Crippen molar-refractivity contribution < 1.29 is 4.79 Å². The molecule has 4 nitrogen and oxygen atoms in total. The molecule has 0 radical (unpaired) electrons. The lowest BCUT2D eigenvalue weighted by molar-refractivity contribution is -0.104. The van der Waals surface area contributed by atoms with Crippen LogP contribution in [-0.2, 0) is 4.79 Å². The number of hydrogen-bond acceptors (Lipinski definition) is 3. The Balaban J connectivity index is 2.07. The van der Waals surface area contributed by atoms with Crippen LogP contribution in [0.25, 0.3) is 0 Å². The lowest BCUT2D eigenvalue weighted by Gasteiger charge is -2.49. The molecule has 1 spiro atoms. The van der Waals surface area contributed by atoms with Crippen LogP contribution >= 0.6 is 0 Å². The summed E-state index contributed by atoms with van der Waals surface area (Å²) in [5, 5.41) is 6.64. The molecule has 21 heavy (non-hydrogen) atoms. The number of allylic oxidation sites excluding steroid dienone is 1. The minimum Gasteiger partial charge on any atom is -0.358 e. The van der Waals surface area contributed by atoms with E-state index in [0.717, 1.165) is 38.2 Å². The van der Waals surface area contributed by atoms with E-state index in [4.69, 9.17) is 5.10 Å². The second kappa shape index (κ2) is 7.43. The van der Waals surface area contributed by atoms with Gasteiger partial charge in [-0.25, -0.2) is 0 Å². The summed E-state index contributed by atoms with van der Waals surface area (Å²) in [5.74, 6) is 1.07. The maximum atomic E-state index is 10.5. The molecule has 2 rings (SSSR count). The Bertz CT molecular complexity index is 424. The lowest BCUT2D eigenvalue weighted by Crippen LogP contribution is -2.49. The summed E-state index contributed by atoms with van der Waals surface area (Å²) < 4.78 is 0. The minimum atomic E-state index is 0.546. The van der Waals surface area contributed by atoms with E-state index in [1.165, 1.54) is 32.1 Å². The number of likely N-dealkylation sites (tertiary alicyclic amines) is 1. The van der Waals surface area contributed by atoms with Crippen LogP contribution in [0.2, 0.25) is 0 Å². The van der Waals surface area contributed by atoms with Crippen LogP contribution < -0.4 is 0 Å². The number of carbonyl (C=O) groups is 1. The van der Waals surface area contributed by atoms with Crippen molar-refractivity contribution in [1.82, 2.24) is 9.91 Å². The highest BCUT2D eigenvalue weighted by atomic mass is 16.1. The van der Waals surface area contributed by atoms with E-state index >= 15 is 0 Å². The van der Waals surface area contributed by atoms with Crippen LogP contribution in [0.1, 0.15) is 38.5 Å². The largest absolute Gasteiger partial charge is 0.358 e. The van der Waals surface area contributed by atoms with E-state index in [2.05, 4.69) is 11.5 Å². The zero-order valence-electron chi connectivity index (χ0n) is 13.1. The predicted octanol–water partition coefficient (Wildman–Crippen LogP) is 2.83. The van der Waals surface area contributed by atoms with Crippen molar-refractivity contribution in [3.8, 4) is 0 Å². The Labute approximate surface area is 128 Å². The number of likely N-dealkylation sites (N-methyl/N-ethyl adjacent to an activating group) is 1. The first-order valence-electron chi connectivity index (χ1n) is 7.94. The minimum absolute atomic E-state index is 0.546. The number of hydrazone groups is 1. The molecule has 0 N–H and O–H groups in total. The molecule has 1 aliphatic heterocycles. The van der Waals surface area contributed by atoms with Crippen molar-refractivity contribution >= 4 is 12.1 Å². The van der Waals surface area contributed by atoms with Crippen LogP contribution in [0.15, 0.2) is 29.9 Å². The molecule has 4 heteroatoms. The summed E-state index contributed by atoms with van der Waals surface area (Å²) >= 11 is 0. The van der Waals surface area contributed by atoms with E-state index < -0.39 is 0 Å². The van der Waals surface area contributed by atoms with Gasteiger partial charge in [0.2, 0.25) is 0 Å². The number of nitrogens with zero attached hydrogens (tertiary/aromatic N) is 3. The van der Waals surface area contributed by atoms with Gasteiger partial charge in [-0.1, -0.05) is 18.6 Å². The molecule has 0 aromatic rings. The van der Waals surface area contributed by atoms with Crippen molar-refractivity contribution in [2.45, 2.75) is 38.5 Å². The van der Waals surface area contributed by atoms with Gasteiger partial charge < -0.3 is 4.90 Å². The Hall–Kier alpha value is -1.58. The maximum absolute atomic E-state index is 10.5. The Morgan fingerprint density at radius 3 is 2.76 bits per heavy atom. The SMILES string of the molecule is C=CCN(C)/N=C(\CC=CC=O)N1CCCC2(CCC2)C1. The number of carbonyl (C=O) groups excluding carboxylic acids is 1. The molecule has 1 saturated carbocycles. The topological polar surface area (TPSA) is 35.9 Å². The molecule has 0 amide bonds. The highest BCUT2D eigenvalue weighted by molar-refractivity contribution is 5.84. The zero-order valence-corrected chi connectivity index (χ0v) is 13.1. The monoisotopic (exact) mass is 289 g/mol. The lowest BCUT2D eigenvalue weighted by atomic mass is 9.64. The molecule has 0 aromatic heterocycles. The number of rotatable bonds is 6. The first-order chi connectivity index (χ1) is 10.2. The third-order valence-electron chi connectivity index (χ3n) is 4.64. The van der Waals surface area contributed by atoms with Gasteiger partial charge in [0.25, 0.3) is 0 Å². The molecule has 0 atom stereocenters. The smallest absolute Gasteiger partial charge is 0.142 e. The standard InChI is InChI=1S/C17H27N3O/c1-3-12-19(2)18-16(8-4-5-14-21)20-13-7-11-17(15-20)9-6-10-17/h3-5,14H,1,6-13,15H2,2H3/b5-4?,18-16+. The fraction of sp³-hybridized carbons (Fsp3) is 0.647. The number of amidine groups is 1. The van der Waals surface area contributed by atoms with Gasteiger partial charge in [0.15, 0.2) is 0 Å². The molecular formula is C17H27N3O. The van der Waals surface area contributed by atoms with Gasteiger partial charge in [0.1, 0.15) is 12.1 Å². The van der Waals surface area contributed by atoms with Gasteiger partial charge in [-0.2, -0.15) is 5.10 Å². The molecular weight excluding hydrogens is 262 g/mol. The van der Waals surface area contributed by atoms with Gasteiger partial charge in [0.05, 0.1) is 6.54 Å². The van der Waals surface area contributed by atoms with Gasteiger partial charge in [0, 0.05) is 26.6 Å². The highest BCUT2D eigenvalue weighted by Crippen LogP contribution is 2.47. The third-order valence-corrected chi connectivity index (χ3v) is 4.64. The average Bonchev–Trinajstić information content (AvgIpc) is 2.45. The molecule has 2 aliphatic rings. The number of aldehydes is 1. The van der Waals surface area contributed by atoms with E-state index in [9.17, 15) is 4.79 Å². The molecule has 0 aromatic carbocycles. The third kappa shape index (κ3) is 4.19. The van der Waals surface area contributed by atoms with Crippen LogP contribution in [0.3, 0.4) is 0 Å². The molecule has 2 fully saturated rings. The van der Waals surface area contributed by atoms with E-state index in [-0.39, 0.29) is 0 Å². The van der Waals surface area contributed by atoms with E-state index in [0.29, 0.717) is 5.41 Å². The first kappa shape index (κ1) is 15.8. The zero-order chi connectivity index (χ0) is 15.1. The Morgan fingerprint density at radius 2 is 2.14 bits per heavy atom. The van der Waals surface area contributed by atoms with Crippen LogP contribution in [-0.4, -0.2) is 48.7 Å². The van der Waals surface area contributed by atoms with Gasteiger partial charge >= 0.3 is 0 Å². The van der Waals surface area contributed by atoms with Crippen LogP contribution in [0, 0.1) is 5.41 Å². The Kier molecular flexibility index (Phi) is 5.59.